The summed E-state index contributed by atoms with van der Waals surface area (Å²) < 4.78 is 85.0. The lowest BCUT2D eigenvalue weighted by Gasteiger charge is -2.12. The lowest BCUT2D eigenvalue weighted by atomic mass is 10.1. The minimum absolute atomic E-state index is 0.455. The second kappa shape index (κ2) is 6.65. The second-order valence-electron chi connectivity index (χ2n) is 4.76. The van der Waals surface area contributed by atoms with Crippen molar-refractivity contribution in [2.45, 2.75) is 12.4 Å². The zero-order chi connectivity index (χ0) is 18.8. The Bertz CT molecular complexity index is 696. The number of hydrogen-bond acceptors (Lipinski definition) is 4. The molecule has 2 aromatic rings. The Kier molecular flexibility index (Phi) is 4.95. The average molecular weight is 365 g/mol. The van der Waals surface area contributed by atoms with E-state index in [0.717, 1.165) is 12.1 Å². The molecule has 0 atom stereocenters. The molecule has 133 valence electrons. The number of hydrogen-bond donors (Lipinski definition) is 2. The van der Waals surface area contributed by atoms with Gasteiger partial charge in [-0.05, 0) is 24.3 Å². The predicted molar refractivity (Wildman–Crippen MR) is 73.2 cm³/mol. The maximum Gasteiger partial charge on any atom is 0.658 e. The molecule has 1 radical (unpaired) electrons. The van der Waals surface area contributed by atoms with E-state index in [4.69, 9.17) is 9.31 Å². The highest BCUT2D eigenvalue weighted by atomic mass is 19.4. The van der Waals surface area contributed by atoms with Gasteiger partial charge in [-0.25, -0.2) is 0 Å². The summed E-state index contributed by atoms with van der Waals surface area (Å²) in [5.41, 5.74) is -2.37. The molecule has 2 N–H and O–H groups in total. The molecule has 0 unspecified atom stereocenters. The largest absolute Gasteiger partial charge is 0.658 e. The Hall–Kier alpha value is -2.72. The van der Waals surface area contributed by atoms with Crippen molar-refractivity contribution in [3.63, 3.8) is 0 Å². The number of halogens is 6. The summed E-state index contributed by atoms with van der Waals surface area (Å²) >= 11 is 0. The molecule has 0 aliphatic heterocycles. The molecule has 0 amide bonds. The summed E-state index contributed by atoms with van der Waals surface area (Å²) in [5, 5.41) is 18.5. The fraction of sp³-hybridized carbons (Fsp3) is 0.143. The minimum Gasteiger partial charge on any atom is -0.526 e. The quantitative estimate of drug-likeness (QED) is 0.632. The number of alkyl halides is 6. The van der Waals surface area contributed by atoms with Gasteiger partial charge in [-0.1, -0.05) is 0 Å². The van der Waals surface area contributed by atoms with Crippen LogP contribution in [0.1, 0.15) is 11.1 Å². The molecule has 2 rings (SSSR count). The van der Waals surface area contributed by atoms with E-state index in [1.165, 1.54) is 0 Å². The number of aromatic hydroxyl groups is 2. The predicted octanol–water partition coefficient (Wildman–Crippen LogP) is 4.13. The van der Waals surface area contributed by atoms with Crippen molar-refractivity contribution in [3.8, 4) is 23.0 Å². The maximum atomic E-state index is 12.6. The summed E-state index contributed by atoms with van der Waals surface area (Å²) in [5.74, 6) is -2.36. The van der Waals surface area contributed by atoms with Crippen molar-refractivity contribution >= 4 is 7.69 Å². The van der Waals surface area contributed by atoms with Crippen LogP contribution in [0.15, 0.2) is 36.4 Å². The number of phenols is 2. The normalized spacial score (nSPS) is 11.9. The first-order valence-electron chi connectivity index (χ1n) is 6.42. The molecule has 2 aromatic carbocycles. The van der Waals surface area contributed by atoms with Crippen LogP contribution in [0, 0.1) is 0 Å². The van der Waals surface area contributed by atoms with Gasteiger partial charge in [-0.2, -0.15) is 26.3 Å². The van der Waals surface area contributed by atoms with Gasteiger partial charge in [0.1, 0.15) is 23.0 Å². The Balaban J connectivity index is 2.09. The van der Waals surface area contributed by atoms with Crippen molar-refractivity contribution in [2.75, 3.05) is 0 Å². The molecule has 0 aliphatic rings. The summed E-state index contributed by atoms with van der Waals surface area (Å²) in [6.45, 7) is 0. The van der Waals surface area contributed by atoms with E-state index < -0.39 is 46.5 Å². The third-order valence-corrected chi connectivity index (χ3v) is 2.81. The van der Waals surface area contributed by atoms with Crippen LogP contribution in [0.4, 0.5) is 26.3 Å². The van der Waals surface area contributed by atoms with Gasteiger partial charge in [0.15, 0.2) is 0 Å². The van der Waals surface area contributed by atoms with E-state index in [0.29, 0.717) is 32.0 Å². The van der Waals surface area contributed by atoms with Gasteiger partial charge in [-0.3, -0.25) is 0 Å². The number of benzene rings is 2. The van der Waals surface area contributed by atoms with Gasteiger partial charge < -0.3 is 19.5 Å². The lowest BCUT2D eigenvalue weighted by Crippen LogP contribution is -2.13. The number of rotatable bonds is 4. The molecule has 0 saturated carbocycles. The summed E-state index contributed by atoms with van der Waals surface area (Å²) in [7, 11) is 0.462. The minimum atomic E-state index is -4.73. The molecule has 0 saturated heterocycles. The van der Waals surface area contributed by atoms with Gasteiger partial charge in [0.05, 0.1) is 11.1 Å². The second-order valence-corrected chi connectivity index (χ2v) is 4.76. The van der Waals surface area contributed by atoms with Crippen molar-refractivity contribution in [1.82, 2.24) is 0 Å². The highest BCUT2D eigenvalue weighted by Crippen LogP contribution is 2.35. The molecular weight excluding hydrogens is 357 g/mol. The van der Waals surface area contributed by atoms with Crippen LogP contribution in [0.5, 0.6) is 23.0 Å². The van der Waals surface area contributed by atoms with Gasteiger partial charge >= 0.3 is 20.0 Å². The van der Waals surface area contributed by atoms with E-state index in [2.05, 4.69) is 0 Å². The van der Waals surface area contributed by atoms with Crippen LogP contribution in [0.25, 0.3) is 0 Å². The molecule has 0 aromatic heterocycles. The fourth-order valence-corrected chi connectivity index (χ4v) is 1.77. The molecule has 25 heavy (non-hydrogen) atoms. The molecule has 0 heterocycles. The van der Waals surface area contributed by atoms with Crippen LogP contribution in [-0.4, -0.2) is 17.9 Å². The Morgan fingerprint density at radius 2 is 1.00 bits per heavy atom. The van der Waals surface area contributed by atoms with E-state index in [9.17, 15) is 36.6 Å². The van der Waals surface area contributed by atoms with E-state index >= 15 is 0 Å². The van der Waals surface area contributed by atoms with E-state index in [-0.39, 0.29) is 0 Å². The average Bonchev–Trinajstić information content (AvgIpc) is 2.44. The molecular formula is C14H8BF6O4. The van der Waals surface area contributed by atoms with Crippen molar-refractivity contribution in [1.29, 1.82) is 0 Å². The van der Waals surface area contributed by atoms with Crippen LogP contribution >= 0.6 is 0 Å². The summed E-state index contributed by atoms with van der Waals surface area (Å²) in [6.07, 6.45) is -9.46. The van der Waals surface area contributed by atoms with Crippen molar-refractivity contribution in [3.05, 3.63) is 47.5 Å². The van der Waals surface area contributed by atoms with Crippen LogP contribution in [-0.2, 0) is 12.4 Å². The third-order valence-electron chi connectivity index (χ3n) is 2.81. The van der Waals surface area contributed by atoms with Crippen molar-refractivity contribution in [2.24, 2.45) is 0 Å². The van der Waals surface area contributed by atoms with Gasteiger partial charge in [-0.15, -0.1) is 0 Å². The first-order valence-corrected chi connectivity index (χ1v) is 6.42. The van der Waals surface area contributed by atoms with Crippen molar-refractivity contribution < 1.29 is 45.9 Å². The highest BCUT2D eigenvalue weighted by Gasteiger charge is 2.32. The highest BCUT2D eigenvalue weighted by molar-refractivity contribution is 6.20. The molecule has 11 heteroatoms. The summed E-state index contributed by atoms with van der Waals surface area (Å²) in [4.78, 5) is 0. The zero-order valence-electron chi connectivity index (χ0n) is 12.0. The van der Waals surface area contributed by atoms with E-state index in [1.54, 1.807) is 0 Å². The molecule has 0 aliphatic carbocycles. The van der Waals surface area contributed by atoms with Gasteiger partial charge in [0.2, 0.25) is 0 Å². The lowest BCUT2D eigenvalue weighted by molar-refractivity contribution is -0.138. The SMILES string of the molecule is Oc1cc(O[B]Oc2cc(O)cc(C(F)(F)F)c2)cc(C(F)(F)F)c1. The smallest absolute Gasteiger partial charge is 0.526 e. The molecule has 0 fully saturated rings. The standard InChI is InChI=1S/C14H8BF6O4/c16-13(17,18)7-1-9(22)5-11(3-7)24-15-25-12-4-8(14(19,20)21)2-10(23)6-12/h1-6,22-23H. The Labute approximate surface area is 137 Å². The van der Waals surface area contributed by atoms with Crippen LogP contribution < -0.4 is 9.31 Å². The summed E-state index contributed by atoms with van der Waals surface area (Å²) in [6, 6.07) is 3.75. The molecule has 0 bridgehead atoms. The Morgan fingerprint density at radius 3 is 1.32 bits per heavy atom. The van der Waals surface area contributed by atoms with Gasteiger partial charge in [0, 0.05) is 12.1 Å². The number of phenolic OH excluding ortho intramolecular Hbond substituents is 2. The van der Waals surface area contributed by atoms with Crippen LogP contribution in [0.3, 0.4) is 0 Å². The molecule has 0 spiro atoms. The Morgan fingerprint density at radius 1 is 0.640 bits per heavy atom. The third kappa shape index (κ3) is 5.13. The topological polar surface area (TPSA) is 58.9 Å². The fourth-order valence-electron chi connectivity index (χ4n) is 1.77. The maximum absolute atomic E-state index is 12.6. The first-order chi connectivity index (χ1) is 11.4. The monoisotopic (exact) mass is 365 g/mol. The van der Waals surface area contributed by atoms with Gasteiger partial charge in [0.25, 0.3) is 0 Å². The van der Waals surface area contributed by atoms with Crippen LogP contribution in [0.2, 0.25) is 0 Å². The first kappa shape index (κ1) is 18.6. The molecule has 4 nitrogen and oxygen atoms in total. The zero-order valence-corrected chi connectivity index (χ0v) is 12.0. The van der Waals surface area contributed by atoms with E-state index in [1.807, 2.05) is 0 Å².